The number of aliphatic hydroxyl groups is 1. The number of pyridine rings is 1. The molecule has 0 aliphatic carbocycles. The van der Waals surface area contributed by atoms with Crippen LogP contribution in [0, 0.1) is 13.8 Å². The van der Waals surface area contributed by atoms with Crippen molar-refractivity contribution in [3.8, 4) is 0 Å². The van der Waals surface area contributed by atoms with Gasteiger partial charge in [-0.1, -0.05) is 6.92 Å². The first-order valence-electron chi connectivity index (χ1n) is 13.5. The summed E-state index contributed by atoms with van der Waals surface area (Å²) in [5.74, 6) is 1.27. The number of aryl methyl sites for hydroxylation is 2. The molecule has 0 spiro atoms. The first-order valence-corrected chi connectivity index (χ1v) is 15.3. The van der Waals surface area contributed by atoms with Crippen molar-refractivity contribution in [2.75, 3.05) is 64.6 Å². The molecule has 2 aromatic rings. The summed E-state index contributed by atoms with van der Waals surface area (Å²) in [6, 6.07) is 3.64. The van der Waals surface area contributed by atoms with Gasteiger partial charge in [0.15, 0.2) is 0 Å². The van der Waals surface area contributed by atoms with E-state index < -0.39 is 5.60 Å². The molecule has 3 heterocycles. The van der Waals surface area contributed by atoms with Gasteiger partial charge in [-0.2, -0.15) is 0 Å². The highest BCUT2D eigenvalue weighted by Crippen LogP contribution is 2.28. The summed E-state index contributed by atoms with van der Waals surface area (Å²) in [5, 5.41) is 17.2. The number of carbonyl (C=O) groups is 1. The minimum Gasteiger partial charge on any atom is -0.388 e. The monoisotopic (exact) mass is 573 g/mol. The van der Waals surface area contributed by atoms with Gasteiger partial charge in [0, 0.05) is 39.4 Å². The minimum absolute atomic E-state index is 0.0414. The molecular weight excluding hydrogens is 530 g/mol. The standard InChI is InChI=1S/C28H43N7O2S2/c1-7-35(19-28(37)11-15-33(5)16-12-28)14-8-13-34(6)27(36)23-9-10-25(30-17-23)31-20-38-18-24(29-4)26-21(2)32-22(3)39-26/h9-10,17-18,37H,4,7-8,11-16,19-20H2,1-3,5-6H3,(H,30,31)/b24-18-. The van der Waals surface area contributed by atoms with Gasteiger partial charge < -0.3 is 25.1 Å². The predicted molar refractivity (Wildman–Crippen MR) is 165 cm³/mol. The fraction of sp³-hybridized carbons (Fsp3) is 0.571. The summed E-state index contributed by atoms with van der Waals surface area (Å²) < 4.78 is 0. The molecule has 2 N–H and O–H groups in total. The molecule has 11 heteroatoms. The van der Waals surface area contributed by atoms with Gasteiger partial charge in [-0.15, -0.1) is 23.1 Å². The second-order valence-corrected chi connectivity index (χ2v) is 12.3. The number of thioether (sulfide) groups is 1. The van der Waals surface area contributed by atoms with Crippen molar-refractivity contribution in [3.05, 3.63) is 44.9 Å². The summed E-state index contributed by atoms with van der Waals surface area (Å²) in [6.07, 6.45) is 4.10. The average Bonchev–Trinajstić information content (AvgIpc) is 3.27. The van der Waals surface area contributed by atoms with E-state index in [-0.39, 0.29) is 5.91 Å². The van der Waals surface area contributed by atoms with E-state index in [2.05, 4.69) is 50.8 Å². The first kappa shape index (κ1) is 31.2. The Morgan fingerprint density at radius 3 is 2.67 bits per heavy atom. The van der Waals surface area contributed by atoms with Gasteiger partial charge in [0.1, 0.15) is 5.82 Å². The van der Waals surface area contributed by atoms with Crippen LogP contribution in [0.1, 0.15) is 52.1 Å². The summed E-state index contributed by atoms with van der Waals surface area (Å²) in [4.78, 5) is 33.3. The number of hydrogen-bond acceptors (Lipinski definition) is 10. The third-order valence-corrected chi connectivity index (χ3v) is 8.84. The van der Waals surface area contributed by atoms with Crippen LogP contribution in [0.25, 0.3) is 5.70 Å². The van der Waals surface area contributed by atoms with Crippen molar-refractivity contribution in [3.63, 3.8) is 0 Å². The fourth-order valence-electron chi connectivity index (χ4n) is 4.60. The van der Waals surface area contributed by atoms with Crippen molar-refractivity contribution in [1.82, 2.24) is 24.7 Å². The number of carbonyl (C=O) groups excluding carboxylic acids is 1. The van der Waals surface area contributed by atoms with E-state index in [9.17, 15) is 9.90 Å². The summed E-state index contributed by atoms with van der Waals surface area (Å²) in [7, 11) is 3.93. The van der Waals surface area contributed by atoms with Gasteiger partial charge in [-0.25, -0.2) is 9.97 Å². The molecular formula is C28H43N7O2S2. The summed E-state index contributed by atoms with van der Waals surface area (Å²) in [5.41, 5.74) is 1.75. The Morgan fingerprint density at radius 1 is 1.33 bits per heavy atom. The normalized spacial score (nSPS) is 15.9. The van der Waals surface area contributed by atoms with E-state index in [1.54, 1.807) is 34.2 Å². The van der Waals surface area contributed by atoms with E-state index in [1.165, 1.54) is 0 Å². The van der Waals surface area contributed by atoms with Crippen LogP contribution in [0.3, 0.4) is 0 Å². The molecule has 1 aliphatic heterocycles. The number of rotatable bonds is 14. The lowest BCUT2D eigenvalue weighted by molar-refractivity contribution is -0.0406. The zero-order valence-corrected chi connectivity index (χ0v) is 25.6. The highest BCUT2D eigenvalue weighted by Gasteiger charge is 2.32. The van der Waals surface area contributed by atoms with Gasteiger partial charge in [0.25, 0.3) is 5.91 Å². The van der Waals surface area contributed by atoms with Crippen LogP contribution in [-0.2, 0) is 0 Å². The Morgan fingerprint density at radius 2 is 2.08 bits per heavy atom. The molecule has 0 atom stereocenters. The topological polar surface area (TPSA) is 97.2 Å². The first-order chi connectivity index (χ1) is 18.6. The Bertz CT molecular complexity index is 1110. The molecule has 39 heavy (non-hydrogen) atoms. The van der Waals surface area contributed by atoms with Crippen LogP contribution >= 0.6 is 23.1 Å². The molecule has 0 radical (unpaired) electrons. The van der Waals surface area contributed by atoms with E-state index in [0.29, 0.717) is 30.3 Å². The Hall–Kier alpha value is -2.31. The number of aliphatic imine (C=N–C) groups is 1. The molecule has 1 fully saturated rings. The molecule has 0 saturated carbocycles. The summed E-state index contributed by atoms with van der Waals surface area (Å²) in [6.45, 7) is 14.7. The van der Waals surface area contributed by atoms with Crippen molar-refractivity contribution in [1.29, 1.82) is 0 Å². The minimum atomic E-state index is -0.606. The molecule has 1 amide bonds. The maximum atomic E-state index is 12.9. The number of piperidine rings is 1. The van der Waals surface area contributed by atoms with Crippen LogP contribution in [0.15, 0.2) is 28.7 Å². The molecule has 1 aliphatic rings. The van der Waals surface area contributed by atoms with E-state index in [0.717, 1.165) is 66.7 Å². The van der Waals surface area contributed by atoms with E-state index in [1.807, 2.05) is 38.4 Å². The van der Waals surface area contributed by atoms with Crippen LogP contribution in [0.2, 0.25) is 0 Å². The molecule has 3 rings (SSSR count). The lowest BCUT2D eigenvalue weighted by Crippen LogP contribution is -2.50. The zero-order chi connectivity index (χ0) is 28.4. The second-order valence-electron chi connectivity index (χ2n) is 10.2. The molecule has 0 bridgehead atoms. The molecule has 9 nitrogen and oxygen atoms in total. The summed E-state index contributed by atoms with van der Waals surface area (Å²) >= 11 is 3.18. The van der Waals surface area contributed by atoms with Crippen LogP contribution in [0.5, 0.6) is 0 Å². The smallest absolute Gasteiger partial charge is 0.255 e. The lowest BCUT2D eigenvalue weighted by atomic mass is 9.91. The number of thiazole rings is 1. The third kappa shape index (κ3) is 9.39. The van der Waals surface area contributed by atoms with Crippen molar-refractivity contribution >= 4 is 47.2 Å². The van der Waals surface area contributed by atoms with Gasteiger partial charge in [0.05, 0.1) is 38.3 Å². The van der Waals surface area contributed by atoms with Crippen molar-refractivity contribution < 1.29 is 9.90 Å². The maximum absolute atomic E-state index is 12.9. The molecule has 1 saturated heterocycles. The number of likely N-dealkylation sites (N-methyl/N-ethyl adjacent to an activating group) is 1. The number of hydrogen-bond donors (Lipinski definition) is 2. The Balaban J connectivity index is 1.41. The molecule has 2 aromatic heterocycles. The number of aromatic nitrogens is 2. The Labute approximate surface area is 241 Å². The number of likely N-dealkylation sites (tertiary alicyclic amines) is 1. The fourth-order valence-corrected chi connectivity index (χ4v) is 6.24. The number of nitrogens with one attached hydrogen (secondary N) is 1. The molecule has 0 unspecified atom stereocenters. The largest absolute Gasteiger partial charge is 0.388 e. The van der Waals surface area contributed by atoms with Gasteiger partial charge in [-0.05, 0) is 77.5 Å². The van der Waals surface area contributed by atoms with Gasteiger partial charge >= 0.3 is 0 Å². The zero-order valence-electron chi connectivity index (χ0n) is 23.9. The maximum Gasteiger partial charge on any atom is 0.255 e. The average molecular weight is 574 g/mol. The second kappa shape index (κ2) is 14.9. The molecule has 0 aromatic carbocycles. The lowest BCUT2D eigenvalue weighted by Gasteiger charge is -2.39. The van der Waals surface area contributed by atoms with Crippen LogP contribution < -0.4 is 5.32 Å². The van der Waals surface area contributed by atoms with Crippen molar-refractivity contribution in [2.45, 2.75) is 45.6 Å². The van der Waals surface area contributed by atoms with Crippen molar-refractivity contribution in [2.24, 2.45) is 4.99 Å². The van der Waals surface area contributed by atoms with Gasteiger partial charge in [-0.3, -0.25) is 9.79 Å². The SMILES string of the molecule is C=N/C(=C\SCNc1ccc(C(=O)N(C)CCCN(CC)CC2(O)CCN(C)CC2)cn1)c1sc(C)nc1C. The highest BCUT2D eigenvalue weighted by atomic mass is 32.2. The number of nitrogens with zero attached hydrogens (tertiary/aromatic N) is 6. The highest BCUT2D eigenvalue weighted by molar-refractivity contribution is 8.02. The predicted octanol–water partition coefficient (Wildman–Crippen LogP) is 4.20. The number of amides is 1. The van der Waals surface area contributed by atoms with Crippen LogP contribution in [-0.4, -0.2) is 107 Å². The van der Waals surface area contributed by atoms with E-state index >= 15 is 0 Å². The van der Waals surface area contributed by atoms with Crippen LogP contribution in [0.4, 0.5) is 5.82 Å². The Kier molecular flexibility index (Phi) is 11.9. The quantitative estimate of drug-likeness (QED) is 0.197. The van der Waals surface area contributed by atoms with Gasteiger partial charge in [0.2, 0.25) is 0 Å². The number of anilines is 1. The third-order valence-electron chi connectivity index (χ3n) is 7.05. The molecule has 214 valence electrons. The van der Waals surface area contributed by atoms with E-state index in [4.69, 9.17) is 0 Å².